The quantitative estimate of drug-likeness (QED) is 0.431. The van der Waals surface area contributed by atoms with Crippen LogP contribution in [0.5, 0.6) is 0 Å². The lowest BCUT2D eigenvalue weighted by atomic mass is 9.89. The lowest BCUT2D eigenvalue weighted by Gasteiger charge is -2.30. The Labute approximate surface area is 192 Å². The smallest absolute Gasteiger partial charge is 0.269 e. The van der Waals surface area contributed by atoms with Crippen molar-refractivity contribution in [1.82, 2.24) is 24.7 Å². The maximum atomic E-state index is 12.5. The van der Waals surface area contributed by atoms with Crippen LogP contribution in [0.1, 0.15) is 59.7 Å². The van der Waals surface area contributed by atoms with Crippen LogP contribution in [-0.2, 0) is 19.5 Å². The van der Waals surface area contributed by atoms with Gasteiger partial charge in [-0.3, -0.25) is 4.79 Å². The molecule has 4 aromatic rings. The van der Waals surface area contributed by atoms with Crippen LogP contribution >= 0.6 is 0 Å². The molecule has 1 aliphatic heterocycles. The number of aromatic nitrogens is 5. The molecule has 1 aromatic carbocycles. The van der Waals surface area contributed by atoms with Gasteiger partial charge in [-0.2, -0.15) is 5.10 Å². The number of aromatic amines is 1. The van der Waals surface area contributed by atoms with Crippen LogP contribution in [0.25, 0.3) is 10.9 Å². The highest BCUT2D eigenvalue weighted by molar-refractivity contribution is 5.92. The molecule has 0 fully saturated rings. The summed E-state index contributed by atoms with van der Waals surface area (Å²) in [7, 11) is 0. The molecule has 5 rings (SSSR count). The highest BCUT2D eigenvalue weighted by atomic mass is 16.1. The van der Waals surface area contributed by atoms with Gasteiger partial charge >= 0.3 is 0 Å². The molecule has 1 aliphatic rings. The first-order chi connectivity index (χ1) is 16.2. The summed E-state index contributed by atoms with van der Waals surface area (Å²) in [6, 6.07) is 12.2. The van der Waals surface area contributed by atoms with Crippen molar-refractivity contribution in [3.63, 3.8) is 0 Å². The van der Waals surface area contributed by atoms with Crippen molar-refractivity contribution in [2.75, 3.05) is 11.4 Å². The number of anilines is 1. The minimum Gasteiger partial charge on any atom is -0.364 e. The minimum absolute atomic E-state index is 0.163. The number of imidazole rings is 1. The molecular formula is C25H29N7O. The summed E-state index contributed by atoms with van der Waals surface area (Å²) in [5.74, 6) is 1.38. The molecule has 1 amide bonds. The molecule has 0 spiro atoms. The van der Waals surface area contributed by atoms with Gasteiger partial charge in [0, 0.05) is 42.3 Å². The molecule has 1 atom stereocenters. The number of nitrogens with two attached hydrogens (primary N) is 1. The summed E-state index contributed by atoms with van der Waals surface area (Å²) in [4.78, 5) is 22.8. The molecule has 0 radical (unpaired) electrons. The maximum Gasteiger partial charge on any atom is 0.269 e. The summed E-state index contributed by atoms with van der Waals surface area (Å²) in [5.41, 5.74) is 9.63. The summed E-state index contributed by atoms with van der Waals surface area (Å²) in [5, 5.41) is 9.47. The molecule has 33 heavy (non-hydrogen) atoms. The fourth-order valence-corrected chi connectivity index (χ4v) is 4.96. The monoisotopic (exact) mass is 443 g/mol. The van der Waals surface area contributed by atoms with Crippen molar-refractivity contribution in [3.05, 3.63) is 71.6 Å². The lowest BCUT2D eigenvalue weighted by Crippen LogP contribution is -2.35. The van der Waals surface area contributed by atoms with Gasteiger partial charge < -0.3 is 20.2 Å². The van der Waals surface area contributed by atoms with Crippen molar-refractivity contribution in [2.24, 2.45) is 5.73 Å². The van der Waals surface area contributed by atoms with E-state index in [0.29, 0.717) is 12.2 Å². The van der Waals surface area contributed by atoms with Crippen LogP contribution in [0.15, 0.2) is 48.8 Å². The number of fused-ring (bicyclic) bond motifs is 2. The van der Waals surface area contributed by atoms with Gasteiger partial charge in [0.15, 0.2) is 5.82 Å². The molecule has 170 valence electrons. The zero-order valence-corrected chi connectivity index (χ0v) is 18.9. The second-order valence-corrected chi connectivity index (χ2v) is 8.68. The number of carbonyl (C=O) groups is 1. The van der Waals surface area contributed by atoms with E-state index in [1.165, 1.54) is 10.9 Å². The zero-order valence-electron chi connectivity index (χ0n) is 18.9. The van der Waals surface area contributed by atoms with Crippen LogP contribution in [0.3, 0.4) is 0 Å². The Kier molecular flexibility index (Phi) is 5.81. The normalized spacial score (nSPS) is 14.4. The van der Waals surface area contributed by atoms with Gasteiger partial charge in [0.1, 0.15) is 11.5 Å². The molecule has 8 nitrogen and oxygen atoms in total. The molecule has 3 aromatic heterocycles. The molecule has 3 N–H and O–H groups in total. The lowest BCUT2D eigenvalue weighted by molar-refractivity contribution is 0.0994. The van der Waals surface area contributed by atoms with Crippen LogP contribution in [-0.4, -0.2) is 37.2 Å². The number of hydrogen-bond donors (Lipinski definition) is 2. The van der Waals surface area contributed by atoms with E-state index in [4.69, 9.17) is 10.7 Å². The number of hydrogen-bond acceptors (Lipinski definition) is 5. The van der Waals surface area contributed by atoms with E-state index in [2.05, 4.69) is 56.0 Å². The van der Waals surface area contributed by atoms with Gasteiger partial charge in [-0.15, -0.1) is 5.10 Å². The van der Waals surface area contributed by atoms with Crippen LogP contribution in [0.2, 0.25) is 0 Å². The van der Waals surface area contributed by atoms with Gasteiger partial charge in [0.05, 0.1) is 12.2 Å². The minimum atomic E-state index is -0.460. The molecule has 1 unspecified atom stereocenters. The third kappa shape index (κ3) is 4.08. The van der Waals surface area contributed by atoms with Gasteiger partial charge in [-0.1, -0.05) is 38.0 Å². The predicted octanol–water partition coefficient (Wildman–Crippen LogP) is 3.79. The average Bonchev–Trinajstić information content (AvgIpc) is 3.43. The third-order valence-electron chi connectivity index (χ3n) is 6.56. The van der Waals surface area contributed by atoms with Gasteiger partial charge in [-0.05, 0) is 36.6 Å². The van der Waals surface area contributed by atoms with Crippen molar-refractivity contribution >= 4 is 22.6 Å². The Balaban J connectivity index is 1.52. The fourth-order valence-electron chi connectivity index (χ4n) is 4.96. The highest BCUT2D eigenvalue weighted by Crippen LogP contribution is 2.34. The maximum absolute atomic E-state index is 12.5. The van der Waals surface area contributed by atoms with Crippen LogP contribution in [0, 0.1) is 0 Å². The number of H-pyrrole nitrogens is 1. The van der Waals surface area contributed by atoms with Gasteiger partial charge in [0.2, 0.25) is 0 Å². The molecular weight excluding hydrogens is 414 g/mol. The Bertz CT molecular complexity index is 1260. The Morgan fingerprint density at radius 1 is 1.21 bits per heavy atom. The third-order valence-corrected chi connectivity index (χ3v) is 6.56. The number of benzene rings is 1. The first-order valence-corrected chi connectivity index (χ1v) is 11.6. The summed E-state index contributed by atoms with van der Waals surface area (Å²) in [6.07, 6.45) is 7.76. The number of para-hydroxylation sites is 1. The van der Waals surface area contributed by atoms with E-state index < -0.39 is 5.91 Å². The predicted molar refractivity (Wildman–Crippen MR) is 128 cm³/mol. The van der Waals surface area contributed by atoms with E-state index in [1.54, 1.807) is 6.20 Å². The number of unbranched alkanes of at least 4 members (excludes halogenated alkanes) is 1. The SMILES string of the molecule is CCCCC(Cc1c[nH]c2ccccc12)c1c(C(N)=O)nc2n1CCN(c1cccnn1)C2. The number of nitrogens with zero attached hydrogens (tertiary/aromatic N) is 5. The molecule has 0 saturated heterocycles. The highest BCUT2D eigenvalue weighted by Gasteiger charge is 2.31. The van der Waals surface area contributed by atoms with Crippen molar-refractivity contribution in [2.45, 2.75) is 51.6 Å². The van der Waals surface area contributed by atoms with Gasteiger partial charge in [0.25, 0.3) is 5.91 Å². The second-order valence-electron chi connectivity index (χ2n) is 8.68. The zero-order chi connectivity index (χ0) is 22.8. The first kappa shape index (κ1) is 21.2. The van der Waals surface area contributed by atoms with Crippen molar-refractivity contribution in [3.8, 4) is 0 Å². The topological polar surface area (TPSA) is 106 Å². The van der Waals surface area contributed by atoms with E-state index in [-0.39, 0.29) is 5.92 Å². The summed E-state index contributed by atoms with van der Waals surface area (Å²) in [6.45, 7) is 4.29. The number of primary amides is 1. The number of rotatable bonds is 8. The van der Waals surface area contributed by atoms with Crippen molar-refractivity contribution < 1.29 is 4.79 Å². The Morgan fingerprint density at radius 2 is 2.09 bits per heavy atom. The van der Waals surface area contributed by atoms with E-state index in [1.807, 2.05) is 18.2 Å². The van der Waals surface area contributed by atoms with E-state index in [0.717, 1.165) is 61.6 Å². The summed E-state index contributed by atoms with van der Waals surface area (Å²) < 4.78 is 2.22. The fraction of sp³-hybridized carbons (Fsp3) is 0.360. The van der Waals surface area contributed by atoms with Gasteiger partial charge in [-0.25, -0.2) is 4.98 Å². The number of carbonyl (C=O) groups excluding carboxylic acids is 1. The molecule has 0 saturated carbocycles. The van der Waals surface area contributed by atoms with E-state index >= 15 is 0 Å². The standard InChI is InChI=1S/C25H29N7O/c1-2-3-7-17(14-18-15-27-20-9-5-4-8-19(18)20)24-23(25(26)33)29-22-16-31(12-13-32(22)24)21-10-6-11-28-30-21/h4-6,8-11,15,17,27H,2-3,7,12-14,16H2,1H3,(H2,26,33). The number of nitrogens with one attached hydrogen (secondary N) is 1. The Hall–Kier alpha value is -3.68. The first-order valence-electron chi connectivity index (χ1n) is 11.6. The largest absolute Gasteiger partial charge is 0.364 e. The molecule has 8 heteroatoms. The molecule has 4 heterocycles. The second kappa shape index (κ2) is 9.05. The molecule has 0 aliphatic carbocycles. The molecule has 0 bridgehead atoms. The van der Waals surface area contributed by atoms with E-state index in [9.17, 15) is 4.79 Å². The number of amides is 1. The summed E-state index contributed by atoms with van der Waals surface area (Å²) >= 11 is 0. The van der Waals surface area contributed by atoms with Crippen molar-refractivity contribution in [1.29, 1.82) is 0 Å². The average molecular weight is 444 g/mol. The van der Waals surface area contributed by atoms with Crippen LogP contribution in [0.4, 0.5) is 5.82 Å². The Morgan fingerprint density at radius 3 is 2.88 bits per heavy atom. The van der Waals surface area contributed by atoms with Crippen LogP contribution < -0.4 is 10.6 Å².